The van der Waals surface area contributed by atoms with Gasteiger partial charge < -0.3 is 4.74 Å². The molecule has 25 heavy (non-hydrogen) atoms. The number of nitrogens with zero attached hydrogens (tertiary/aromatic N) is 1. The fraction of sp³-hybridized carbons (Fsp3) is 0.500. The molecule has 2 rings (SSSR count). The Bertz CT molecular complexity index is 696. The number of benzene rings is 1. The van der Waals surface area contributed by atoms with Crippen LogP contribution in [0.4, 0.5) is 4.79 Å². The predicted octanol–water partition coefficient (Wildman–Crippen LogP) is 5.37. The fourth-order valence-electron chi connectivity index (χ4n) is 2.84. The third kappa shape index (κ3) is 4.51. The van der Waals surface area contributed by atoms with Crippen molar-refractivity contribution in [2.45, 2.75) is 59.6 Å². The lowest BCUT2D eigenvalue weighted by atomic mass is 9.80. The number of halogens is 1. The topological polar surface area (TPSA) is 46.6 Å². The average molecular weight is 408 g/mol. The van der Waals surface area contributed by atoms with E-state index in [0.29, 0.717) is 10.2 Å². The summed E-state index contributed by atoms with van der Waals surface area (Å²) in [5.41, 5.74) is 0.490. The smallest absolute Gasteiger partial charge is 0.415 e. The Kier molecular flexibility index (Phi) is 5.47. The Morgan fingerprint density at radius 2 is 1.68 bits per heavy atom. The minimum atomic E-state index is -0.616. The Balaban J connectivity index is 2.62. The number of hydrogen-bond donors (Lipinski definition) is 0. The van der Waals surface area contributed by atoms with E-state index in [2.05, 4.69) is 15.9 Å². The molecule has 0 radical (unpaired) electrons. The summed E-state index contributed by atoms with van der Waals surface area (Å²) in [5, 5.41) is 0. The third-order valence-electron chi connectivity index (χ3n) is 4.02. The van der Waals surface area contributed by atoms with Gasteiger partial charge in [-0.2, -0.15) is 0 Å². The molecular weight excluding hydrogens is 382 g/mol. The summed E-state index contributed by atoms with van der Waals surface area (Å²) >= 11 is 3.42. The van der Waals surface area contributed by atoms with Gasteiger partial charge in [0.2, 0.25) is 0 Å². The van der Waals surface area contributed by atoms with Crippen LogP contribution in [0.3, 0.4) is 0 Å². The molecule has 0 unspecified atom stereocenters. The van der Waals surface area contributed by atoms with Crippen molar-refractivity contribution in [2.24, 2.45) is 5.41 Å². The van der Waals surface area contributed by atoms with Crippen molar-refractivity contribution >= 4 is 33.5 Å². The number of ketones is 1. The number of allylic oxidation sites excluding steroid dienone is 1. The first-order chi connectivity index (χ1) is 11.4. The molecule has 1 aromatic rings. The maximum atomic E-state index is 13.0. The lowest BCUT2D eigenvalue weighted by Crippen LogP contribution is -2.51. The molecule has 136 valence electrons. The fourth-order valence-corrected chi connectivity index (χ4v) is 3.42. The van der Waals surface area contributed by atoms with E-state index >= 15 is 0 Å². The standard InChI is InChI=1S/C20H26BrNO3/c1-19(2,3)15-12-14(23)16(21)17(13-10-8-7-9-11-13)22(15)18(24)25-20(4,5)6/h7-11,15H,12H2,1-6H3/t15-/m1/s1. The van der Waals surface area contributed by atoms with E-state index < -0.39 is 11.7 Å². The summed E-state index contributed by atoms with van der Waals surface area (Å²) < 4.78 is 6.08. The average Bonchev–Trinajstić information content (AvgIpc) is 2.47. The highest BCUT2D eigenvalue weighted by Crippen LogP contribution is 2.41. The Morgan fingerprint density at radius 3 is 2.16 bits per heavy atom. The largest absolute Gasteiger partial charge is 0.443 e. The van der Waals surface area contributed by atoms with Gasteiger partial charge in [0.15, 0.2) is 5.78 Å². The van der Waals surface area contributed by atoms with Crippen molar-refractivity contribution in [3.63, 3.8) is 0 Å². The van der Waals surface area contributed by atoms with E-state index in [4.69, 9.17) is 4.74 Å². The van der Waals surface area contributed by atoms with Gasteiger partial charge in [-0.25, -0.2) is 4.79 Å². The van der Waals surface area contributed by atoms with Gasteiger partial charge in [-0.3, -0.25) is 9.69 Å². The summed E-state index contributed by atoms with van der Waals surface area (Å²) in [7, 11) is 0. The van der Waals surface area contributed by atoms with Gasteiger partial charge in [0.1, 0.15) is 5.60 Å². The Labute approximate surface area is 158 Å². The number of rotatable bonds is 1. The second kappa shape index (κ2) is 6.94. The predicted molar refractivity (Wildman–Crippen MR) is 103 cm³/mol. The highest BCUT2D eigenvalue weighted by Gasteiger charge is 2.44. The van der Waals surface area contributed by atoms with Crippen LogP contribution in [-0.2, 0) is 9.53 Å². The highest BCUT2D eigenvalue weighted by molar-refractivity contribution is 9.12. The molecule has 1 heterocycles. The van der Waals surface area contributed by atoms with Crippen molar-refractivity contribution in [2.75, 3.05) is 0 Å². The van der Waals surface area contributed by atoms with Gasteiger partial charge in [0.05, 0.1) is 16.2 Å². The first-order valence-corrected chi connectivity index (χ1v) is 9.22. The molecule has 0 fully saturated rings. The molecule has 0 aromatic heterocycles. The van der Waals surface area contributed by atoms with Gasteiger partial charge in [-0.15, -0.1) is 0 Å². The van der Waals surface area contributed by atoms with Crippen LogP contribution in [0.2, 0.25) is 0 Å². The van der Waals surface area contributed by atoms with E-state index in [1.54, 1.807) is 4.90 Å². The summed E-state index contributed by atoms with van der Waals surface area (Å²) in [4.78, 5) is 27.3. The van der Waals surface area contributed by atoms with Gasteiger partial charge >= 0.3 is 6.09 Å². The van der Waals surface area contributed by atoms with Crippen molar-refractivity contribution in [1.29, 1.82) is 0 Å². The van der Waals surface area contributed by atoms with Gasteiger partial charge in [-0.05, 0) is 47.7 Å². The molecule has 4 nitrogen and oxygen atoms in total. The molecule has 1 aliphatic rings. The van der Waals surface area contributed by atoms with E-state index in [9.17, 15) is 9.59 Å². The highest BCUT2D eigenvalue weighted by atomic mass is 79.9. The van der Waals surface area contributed by atoms with Crippen molar-refractivity contribution < 1.29 is 14.3 Å². The summed E-state index contributed by atoms with van der Waals surface area (Å²) in [6.07, 6.45) is -0.171. The molecule has 1 aromatic carbocycles. The second-order valence-corrected chi connectivity index (χ2v) is 9.18. The minimum absolute atomic E-state index is 0.00131. The van der Waals surface area contributed by atoms with Crippen LogP contribution < -0.4 is 0 Å². The van der Waals surface area contributed by atoms with E-state index in [1.807, 2.05) is 71.9 Å². The van der Waals surface area contributed by atoms with Gasteiger partial charge in [0.25, 0.3) is 0 Å². The molecule has 0 saturated carbocycles. The lowest BCUT2D eigenvalue weighted by molar-refractivity contribution is -0.117. The first kappa shape index (κ1) is 19.7. The molecule has 0 saturated heterocycles. The molecular formula is C20H26BrNO3. The van der Waals surface area contributed by atoms with Crippen molar-refractivity contribution in [3.8, 4) is 0 Å². The number of carbonyl (C=O) groups excluding carboxylic acids is 2. The zero-order valence-corrected chi connectivity index (χ0v) is 17.3. The Hall–Kier alpha value is -1.62. The molecule has 1 aliphatic heterocycles. The quantitative estimate of drug-likeness (QED) is 0.627. The molecule has 1 amide bonds. The van der Waals surface area contributed by atoms with Crippen LogP contribution in [0.15, 0.2) is 34.8 Å². The molecule has 1 atom stereocenters. The maximum Gasteiger partial charge on any atom is 0.415 e. The summed E-state index contributed by atoms with van der Waals surface area (Å²) in [6.45, 7) is 11.6. The van der Waals surface area contributed by atoms with Crippen LogP contribution in [0.25, 0.3) is 5.70 Å². The van der Waals surface area contributed by atoms with Crippen molar-refractivity contribution in [3.05, 3.63) is 40.4 Å². The van der Waals surface area contributed by atoms with Crippen molar-refractivity contribution in [1.82, 2.24) is 4.90 Å². The number of hydrogen-bond acceptors (Lipinski definition) is 3. The minimum Gasteiger partial charge on any atom is -0.443 e. The van der Waals surface area contributed by atoms with Crippen LogP contribution in [0.5, 0.6) is 0 Å². The summed E-state index contributed by atoms with van der Waals surface area (Å²) in [6, 6.07) is 9.19. The van der Waals surface area contributed by atoms with Crippen LogP contribution in [-0.4, -0.2) is 28.4 Å². The van der Waals surface area contributed by atoms with Crippen LogP contribution in [0.1, 0.15) is 53.5 Å². The van der Waals surface area contributed by atoms with Gasteiger partial charge in [-0.1, -0.05) is 51.1 Å². The maximum absolute atomic E-state index is 13.0. The van der Waals surface area contributed by atoms with Crippen LogP contribution in [0, 0.1) is 5.41 Å². The second-order valence-electron chi connectivity index (χ2n) is 8.39. The number of ether oxygens (including phenoxy) is 1. The van der Waals surface area contributed by atoms with E-state index in [-0.39, 0.29) is 23.7 Å². The zero-order chi connectivity index (χ0) is 19.0. The molecule has 0 spiro atoms. The third-order valence-corrected chi connectivity index (χ3v) is 4.84. The molecule has 0 N–H and O–H groups in total. The molecule has 5 heteroatoms. The van der Waals surface area contributed by atoms with E-state index in [1.165, 1.54) is 0 Å². The van der Waals surface area contributed by atoms with Gasteiger partial charge in [0, 0.05) is 6.42 Å². The molecule has 0 bridgehead atoms. The Morgan fingerprint density at radius 1 is 1.12 bits per heavy atom. The SMILES string of the molecule is CC(C)(C)OC(=O)N1C(c2ccccc2)=C(Br)C(=O)C[C@@H]1C(C)(C)C. The zero-order valence-electron chi connectivity index (χ0n) is 15.7. The van der Waals surface area contributed by atoms with E-state index in [0.717, 1.165) is 5.56 Å². The monoisotopic (exact) mass is 407 g/mol. The lowest BCUT2D eigenvalue weighted by Gasteiger charge is -2.44. The first-order valence-electron chi connectivity index (χ1n) is 8.42. The number of carbonyl (C=O) groups is 2. The number of Topliss-reactive ketones (excluding diaryl/α,β-unsaturated/α-hetero) is 1. The molecule has 0 aliphatic carbocycles. The normalized spacial score (nSPS) is 19.2. The van der Waals surface area contributed by atoms with Crippen LogP contribution >= 0.6 is 15.9 Å². The summed E-state index contributed by atoms with van der Waals surface area (Å²) in [5.74, 6) is -0.00131. The number of amides is 1.